The summed E-state index contributed by atoms with van der Waals surface area (Å²) in [5.41, 5.74) is 0.475. The van der Waals surface area contributed by atoms with Crippen LogP contribution in [0.4, 0.5) is 0 Å². The Morgan fingerprint density at radius 2 is 1.79 bits per heavy atom. The lowest BCUT2D eigenvalue weighted by molar-refractivity contribution is -0.321. The van der Waals surface area contributed by atoms with Crippen LogP contribution < -0.4 is 0 Å². The molecule has 0 bridgehead atoms. The van der Waals surface area contributed by atoms with Gasteiger partial charge in [-0.05, 0) is 12.1 Å². The van der Waals surface area contributed by atoms with Crippen molar-refractivity contribution in [1.29, 1.82) is 0 Å². The van der Waals surface area contributed by atoms with Crippen LogP contribution in [0, 0.1) is 12.3 Å². The van der Waals surface area contributed by atoms with Crippen LogP contribution in [0.5, 0.6) is 0 Å². The molecule has 2 heterocycles. The summed E-state index contributed by atoms with van der Waals surface area (Å²) >= 11 is 1.49. The van der Waals surface area contributed by atoms with Crippen LogP contribution in [0.1, 0.15) is 11.9 Å². The predicted molar refractivity (Wildman–Crippen MR) is 106 cm³/mol. The summed E-state index contributed by atoms with van der Waals surface area (Å²) in [6, 6.07) is 19.5. The van der Waals surface area contributed by atoms with Crippen molar-refractivity contribution >= 4 is 11.8 Å². The highest BCUT2D eigenvalue weighted by molar-refractivity contribution is 7.99. The fraction of sp³-hybridized carbons (Fsp3) is 0.364. The first kappa shape index (κ1) is 19.5. The third-order valence-corrected chi connectivity index (χ3v) is 5.89. The average molecular weight is 398 g/mol. The van der Waals surface area contributed by atoms with Crippen molar-refractivity contribution < 1.29 is 24.1 Å². The van der Waals surface area contributed by atoms with E-state index >= 15 is 0 Å². The summed E-state index contributed by atoms with van der Waals surface area (Å²) in [6.45, 7) is 0.419. The number of aliphatic hydroxyl groups excluding tert-OH is 1. The first-order chi connectivity index (χ1) is 13.8. The Bertz CT molecular complexity index is 794. The second-order valence-electron chi connectivity index (χ2n) is 6.62. The molecule has 2 aromatic carbocycles. The van der Waals surface area contributed by atoms with Gasteiger partial charge in [-0.3, -0.25) is 0 Å². The number of ether oxygens (including phenoxy) is 4. The maximum Gasteiger partial charge on any atom is 0.184 e. The van der Waals surface area contributed by atoms with E-state index in [2.05, 4.69) is 5.92 Å². The summed E-state index contributed by atoms with van der Waals surface area (Å²) in [5.74, 6) is 2.46. The zero-order valence-corrected chi connectivity index (χ0v) is 16.0. The van der Waals surface area contributed by atoms with Crippen molar-refractivity contribution in [3.05, 3.63) is 66.2 Å². The van der Waals surface area contributed by atoms with Crippen LogP contribution in [0.25, 0.3) is 0 Å². The topological polar surface area (TPSA) is 57.2 Å². The molecule has 28 heavy (non-hydrogen) atoms. The minimum Gasteiger partial charge on any atom is -0.387 e. The second-order valence-corrected chi connectivity index (χ2v) is 7.79. The van der Waals surface area contributed by atoms with E-state index in [-0.39, 0.29) is 12.7 Å². The van der Waals surface area contributed by atoms with Crippen LogP contribution in [0.3, 0.4) is 0 Å². The molecule has 2 aliphatic rings. The lowest BCUT2D eigenvalue weighted by Crippen LogP contribution is -2.61. The monoisotopic (exact) mass is 398 g/mol. The van der Waals surface area contributed by atoms with Gasteiger partial charge < -0.3 is 24.1 Å². The zero-order chi connectivity index (χ0) is 19.3. The van der Waals surface area contributed by atoms with Crippen molar-refractivity contribution in [2.24, 2.45) is 0 Å². The van der Waals surface area contributed by atoms with E-state index in [9.17, 15) is 5.11 Å². The predicted octanol–water partition coefficient (Wildman–Crippen LogP) is 3.00. The molecular formula is C22H22O5S. The van der Waals surface area contributed by atoms with Gasteiger partial charge in [0.15, 0.2) is 6.29 Å². The number of thioether (sulfide) groups is 1. The summed E-state index contributed by atoms with van der Waals surface area (Å²) in [7, 11) is 0. The average Bonchev–Trinajstić information content (AvgIpc) is 2.75. The van der Waals surface area contributed by atoms with Crippen molar-refractivity contribution in [3.63, 3.8) is 0 Å². The first-order valence-electron chi connectivity index (χ1n) is 9.18. The smallest absolute Gasteiger partial charge is 0.184 e. The van der Waals surface area contributed by atoms with Gasteiger partial charge in [0.2, 0.25) is 0 Å². The maximum absolute atomic E-state index is 11.0. The Labute approximate surface area is 168 Å². The normalized spacial score (nSPS) is 32.3. The Morgan fingerprint density at radius 1 is 1.07 bits per heavy atom. The molecule has 6 heteroatoms. The highest BCUT2D eigenvalue weighted by atomic mass is 32.2. The number of fused-ring (bicyclic) bond motifs is 1. The van der Waals surface area contributed by atoms with E-state index in [4.69, 9.17) is 25.4 Å². The van der Waals surface area contributed by atoms with E-state index in [1.165, 1.54) is 11.8 Å². The van der Waals surface area contributed by atoms with Gasteiger partial charge in [-0.15, -0.1) is 6.42 Å². The molecule has 0 aliphatic carbocycles. The molecule has 0 aromatic heterocycles. The van der Waals surface area contributed by atoms with Crippen molar-refractivity contribution in [1.82, 2.24) is 0 Å². The quantitative estimate of drug-likeness (QED) is 0.782. The number of rotatable bonds is 5. The third-order valence-electron chi connectivity index (χ3n) is 4.74. The van der Waals surface area contributed by atoms with Crippen LogP contribution >= 0.6 is 11.8 Å². The highest BCUT2D eigenvalue weighted by Crippen LogP contribution is 2.39. The molecule has 146 valence electrons. The number of terminal acetylenes is 1. The van der Waals surface area contributed by atoms with E-state index in [1.54, 1.807) is 0 Å². The molecule has 1 N–H and O–H groups in total. The molecular weight excluding hydrogens is 376 g/mol. The lowest BCUT2D eigenvalue weighted by atomic mass is 9.98. The molecule has 6 atom stereocenters. The third kappa shape index (κ3) is 4.26. The van der Waals surface area contributed by atoms with E-state index < -0.39 is 30.0 Å². The molecule has 5 nitrogen and oxygen atoms in total. The molecule has 0 radical (unpaired) electrons. The van der Waals surface area contributed by atoms with Crippen molar-refractivity contribution in [2.75, 3.05) is 13.2 Å². The van der Waals surface area contributed by atoms with E-state index in [0.29, 0.717) is 6.61 Å². The van der Waals surface area contributed by atoms with Crippen LogP contribution in [0.15, 0.2) is 65.6 Å². The van der Waals surface area contributed by atoms with E-state index in [1.807, 2.05) is 60.7 Å². The maximum atomic E-state index is 11.0. The lowest BCUT2D eigenvalue weighted by Gasteiger charge is -2.47. The van der Waals surface area contributed by atoms with E-state index in [0.717, 1.165) is 10.5 Å². The van der Waals surface area contributed by atoms with Crippen molar-refractivity contribution in [2.45, 2.75) is 41.0 Å². The standard InChI is InChI=1S/C22H22O5S/c1-2-13-24-20-18(23)19-17(26-22(20)28-16-11-7-4-8-12-16)14-25-21(27-19)15-9-5-3-6-10-15/h1,3-12,17-23H,13-14H2/t17-,18+,19-,20+,21?,22-/m1/s1. The molecule has 2 fully saturated rings. The van der Waals surface area contributed by atoms with Gasteiger partial charge in [0.1, 0.15) is 36.5 Å². The van der Waals surface area contributed by atoms with Gasteiger partial charge in [-0.25, -0.2) is 0 Å². The summed E-state index contributed by atoms with van der Waals surface area (Å²) in [6.07, 6.45) is 2.37. The summed E-state index contributed by atoms with van der Waals surface area (Å²) in [5, 5.41) is 11.0. The molecule has 4 rings (SSSR count). The molecule has 2 aromatic rings. The molecule has 0 amide bonds. The number of aliphatic hydroxyl groups is 1. The molecule has 1 unspecified atom stereocenters. The number of hydrogen-bond donors (Lipinski definition) is 1. The largest absolute Gasteiger partial charge is 0.387 e. The van der Waals surface area contributed by atoms with Gasteiger partial charge in [0.25, 0.3) is 0 Å². The van der Waals surface area contributed by atoms with Crippen molar-refractivity contribution in [3.8, 4) is 12.3 Å². The Kier molecular flexibility index (Phi) is 6.33. The number of benzene rings is 2. The van der Waals surface area contributed by atoms with Gasteiger partial charge in [0, 0.05) is 10.5 Å². The second kappa shape index (κ2) is 9.10. The molecule has 0 saturated carbocycles. The Balaban J connectivity index is 1.51. The Hall–Kier alpha value is -1.85. The molecule has 0 spiro atoms. The van der Waals surface area contributed by atoms with Gasteiger partial charge in [0.05, 0.1) is 6.61 Å². The fourth-order valence-electron chi connectivity index (χ4n) is 3.40. The minimum absolute atomic E-state index is 0.0902. The highest BCUT2D eigenvalue weighted by Gasteiger charge is 2.50. The number of hydrogen-bond acceptors (Lipinski definition) is 6. The Morgan fingerprint density at radius 3 is 2.50 bits per heavy atom. The fourth-order valence-corrected chi connectivity index (χ4v) is 4.55. The van der Waals surface area contributed by atoms with Gasteiger partial charge in [-0.2, -0.15) is 0 Å². The molecule has 2 aliphatic heterocycles. The van der Waals surface area contributed by atoms with Crippen LogP contribution in [-0.4, -0.2) is 48.2 Å². The minimum atomic E-state index is -0.886. The van der Waals surface area contributed by atoms with Gasteiger partial charge in [-0.1, -0.05) is 66.2 Å². The first-order valence-corrected chi connectivity index (χ1v) is 10.1. The summed E-state index contributed by atoms with van der Waals surface area (Å²) in [4.78, 5) is 1.02. The van der Waals surface area contributed by atoms with Gasteiger partial charge >= 0.3 is 0 Å². The SMILES string of the molecule is C#CCO[C@H]1[C@@H](O)[C@@H]2OC(c3ccccc3)OC[C@H]2O[C@@H]1Sc1ccccc1. The zero-order valence-electron chi connectivity index (χ0n) is 15.2. The molecule has 2 saturated heterocycles. The summed E-state index contributed by atoms with van der Waals surface area (Å²) < 4.78 is 23.9. The van der Waals surface area contributed by atoms with Crippen LogP contribution in [0.2, 0.25) is 0 Å². The van der Waals surface area contributed by atoms with Crippen LogP contribution in [-0.2, 0) is 18.9 Å².